The minimum atomic E-state index is -0.668. The number of hydrogen-bond donors (Lipinski definition) is 0. The van der Waals surface area contributed by atoms with Crippen LogP contribution in [0.5, 0.6) is 0 Å². The van der Waals surface area contributed by atoms with Gasteiger partial charge in [-0.3, -0.25) is 4.79 Å². The first kappa shape index (κ1) is 19.1. The van der Waals surface area contributed by atoms with Gasteiger partial charge >= 0.3 is 0 Å². The van der Waals surface area contributed by atoms with Crippen molar-refractivity contribution in [1.82, 2.24) is 9.78 Å². The quantitative estimate of drug-likeness (QED) is 0.594. The Hall–Kier alpha value is -3.19. The highest BCUT2D eigenvalue weighted by Gasteiger charge is 2.45. The van der Waals surface area contributed by atoms with Crippen molar-refractivity contribution in [3.63, 3.8) is 0 Å². The molecule has 3 aromatic rings. The molecule has 0 N–H and O–H groups in total. The van der Waals surface area contributed by atoms with E-state index >= 15 is 0 Å². The van der Waals surface area contributed by atoms with Gasteiger partial charge in [0.1, 0.15) is 11.6 Å². The number of nitriles is 1. The molecule has 0 amide bonds. The van der Waals surface area contributed by atoms with E-state index in [1.165, 1.54) is 5.56 Å². The second kappa shape index (κ2) is 7.00. The van der Waals surface area contributed by atoms with Crippen LogP contribution in [0.1, 0.15) is 55.2 Å². The van der Waals surface area contributed by atoms with Crippen molar-refractivity contribution < 1.29 is 4.79 Å². The molecule has 0 saturated carbocycles. The molecule has 0 bridgehead atoms. The van der Waals surface area contributed by atoms with Gasteiger partial charge in [0, 0.05) is 5.56 Å². The highest BCUT2D eigenvalue weighted by molar-refractivity contribution is 6.06. The van der Waals surface area contributed by atoms with Crippen LogP contribution in [-0.2, 0) is 6.42 Å². The maximum Gasteiger partial charge on any atom is 0.184 e. The zero-order valence-electron chi connectivity index (χ0n) is 17.3. The Morgan fingerprint density at radius 2 is 1.76 bits per heavy atom. The fourth-order valence-corrected chi connectivity index (χ4v) is 4.15. The van der Waals surface area contributed by atoms with Crippen molar-refractivity contribution >= 4 is 5.78 Å². The Morgan fingerprint density at radius 1 is 1.10 bits per heavy atom. The molecule has 29 heavy (non-hydrogen) atoms. The Balaban J connectivity index is 1.95. The summed E-state index contributed by atoms with van der Waals surface area (Å²) in [7, 11) is 0. The molecule has 4 heteroatoms. The van der Waals surface area contributed by atoms with Gasteiger partial charge in [0.05, 0.1) is 23.0 Å². The van der Waals surface area contributed by atoms with Gasteiger partial charge in [0.2, 0.25) is 0 Å². The Labute approximate surface area is 171 Å². The van der Waals surface area contributed by atoms with Gasteiger partial charge in [0.15, 0.2) is 5.78 Å². The summed E-state index contributed by atoms with van der Waals surface area (Å²) >= 11 is 0. The van der Waals surface area contributed by atoms with Crippen LogP contribution in [0.4, 0.5) is 0 Å². The van der Waals surface area contributed by atoms with Gasteiger partial charge in [-0.25, -0.2) is 4.68 Å². The molecule has 146 valence electrons. The van der Waals surface area contributed by atoms with Crippen LogP contribution in [0.3, 0.4) is 0 Å². The van der Waals surface area contributed by atoms with Crippen LogP contribution in [-0.4, -0.2) is 15.6 Å². The maximum atomic E-state index is 13.4. The van der Waals surface area contributed by atoms with Crippen LogP contribution in [0.25, 0.3) is 16.9 Å². The van der Waals surface area contributed by atoms with E-state index in [2.05, 4.69) is 44.2 Å². The first-order chi connectivity index (χ1) is 13.8. The van der Waals surface area contributed by atoms with E-state index in [1.807, 2.05) is 48.9 Å². The number of ketones is 1. The molecular weight excluding hydrogens is 358 g/mol. The van der Waals surface area contributed by atoms with E-state index < -0.39 is 11.3 Å². The summed E-state index contributed by atoms with van der Waals surface area (Å²) in [6, 6.07) is 20.3. The first-order valence-corrected chi connectivity index (χ1v) is 10.0. The van der Waals surface area contributed by atoms with Crippen molar-refractivity contribution in [2.45, 2.75) is 40.0 Å². The molecule has 1 aliphatic carbocycles. The second-order valence-electron chi connectivity index (χ2n) is 8.79. The van der Waals surface area contributed by atoms with E-state index in [1.54, 1.807) is 0 Å². The van der Waals surface area contributed by atoms with Gasteiger partial charge in [-0.1, -0.05) is 70.2 Å². The number of fused-ring (bicyclic) bond motifs is 1. The molecule has 4 rings (SSSR count). The van der Waals surface area contributed by atoms with E-state index in [4.69, 9.17) is 5.10 Å². The molecule has 0 aliphatic heterocycles. The molecule has 4 nitrogen and oxygen atoms in total. The average Bonchev–Trinajstić information content (AvgIpc) is 3.07. The molecular formula is C25H25N3O. The predicted molar refractivity (Wildman–Crippen MR) is 114 cm³/mol. The molecule has 1 atom stereocenters. The van der Waals surface area contributed by atoms with E-state index in [0.29, 0.717) is 23.6 Å². The fraction of sp³-hybridized carbons (Fsp3) is 0.320. The average molecular weight is 383 g/mol. The van der Waals surface area contributed by atoms with Crippen molar-refractivity contribution in [2.75, 3.05) is 0 Å². The zero-order chi connectivity index (χ0) is 20.8. The second-order valence-corrected chi connectivity index (χ2v) is 8.79. The summed E-state index contributed by atoms with van der Waals surface area (Å²) in [6.45, 7) is 8.31. The minimum Gasteiger partial charge on any atom is -0.293 e. The summed E-state index contributed by atoms with van der Waals surface area (Å²) < 4.78 is 1.90. The van der Waals surface area contributed by atoms with Gasteiger partial charge in [-0.2, -0.15) is 10.4 Å². The van der Waals surface area contributed by atoms with Crippen molar-refractivity contribution in [2.24, 2.45) is 11.3 Å². The van der Waals surface area contributed by atoms with Gasteiger partial charge in [-0.05, 0) is 35.4 Å². The third-order valence-electron chi connectivity index (χ3n) is 5.87. The Bertz CT molecular complexity index is 1100. The smallest absolute Gasteiger partial charge is 0.184 e. The van der Waals surface area contributed by atoms with Crippen molar-refractivity contribution in [3.05, 3.63) is 71.4 Å². The Kier molecular flexibility index (Phi) is 4.62. The number of carbonyl (C=O) groups excluding carboxylic acids is 1. The van der Waals surface area contributed by atoms with Gasteiger partial charge in [-0.15, -0.1) is 0 Å². The van der Waals surface area contributed by atoms with Crippen LogP contribution in [0, 0.1) is 22.7 Å². The standard InChI is InChI=1S/C25H25N3O/c1-16(2)17-10-12-19(13-11-17)28-21-14-25(3,4)20(15-26)24(29)22(21)23(27-28)18-8-6-5-7-9-18/h5-13,16,20H,14H2,1-4H3. The third kappa shape index (κ3) is 3.17. The number of hydrogen-bond acceptors (Lipinski definition) is 3. The fourth-order valence-electron chi connectivity index (χ4n) is 4.15. The minimum absolute atomic E-state index is 0.123. The lowest BCUT2D eigenvalue weighted by Crippen LogP contribution is -2.37. The van der Waals surface area contributed by atoms with Crippen molar-refractivity contribution in [1.29, 1.82) is 5.26 Å². The van der Waals surface area contributed by atoms with E-state index in [9.17, 15) is 10.1 Å². The molecule has 1 aromatic heterocycles. The van der Waals surface area contributed by atoms with Crippen LogP contribution < -0.4 is 0 Å². The zero-order valence-corrected chi connectivity index (χ0v) is 17.3. The van der Waals surface area contributed by atoms with E-state index in [0.717, 1.165) is 16.9 Å². The highest BCUT2D eigenvalue weighted by atomic mass is 16.1. The normalized spacial score (nSPS) is 17.8. The molecule has 2 aromatic carbocycles. The van der Waals surface area contributed by atoms with Crippen LogP contribution in [0.2, 0.25) is 0 Å². The predicted octanol–water partition coefficient (Wildman–Crippen LogP) is 5.57. The monoisotopic (exact) mass is 383 g/mol. The summed E-state index contributed by atoms with van der Waals surface area (Å²) in [5.74, 6) is -0.339. The number of nitrogens with zero attached hydrogens (tertiary/aromatic N) is 3. The van der Waals surface area contributed by atoms with Crippen molar-refractivity contribution in [3.8, 4) is 23.0 Å². The maximum absolute atomic E-state index is 13.4. The summed E-state index contributed by atoms with van der Waals surface area (Å²) in [5.41, 5.74) is 4.80. The van der Waals surface area contributed by atoms with Crippen LogP contribution >= 0.6 is 0 Å². The largest absolute Gasteiger partial charge is 0.293 e. The van der Waals surface area contributed by atoms with E-state index in [-0.39, 0.29) is 5.78 Å². The number of Topliss-reactive ketones (excluding diaryl/α,β-unsaturated/α-hetero) is 1. The molecule has 1 heterocycles. The number of carbonyl (C=O) groups is 1. The molecule has 1 unspecified atom stereocenters. The summed E-state index contributed by atoms with van der Waals surface area (Å²) in [4.78, 5) is 13.4. The topological polar surface area (TPSA) is 58.7 Å². The molecule has 0 fully saturated rings. The first-order valence-electron chi connectivity index (χ1n) is 10.0. The molecule has 0 radical (unpaired) electrons. The lowest BCUT2D eigenvalue weighted by atomic mass is 9.67. The lowest BCUT2D eigenvalue weighted by molar-refractivity contribution is 0.0835. The summed E-state index contributed by atoms with van der Waals surface area (Å²) in [5, 5.41) is 14.6. The third-order valence-corrected chi connectivity index (χ3v) is 5.87. The molecule has 0 saturated heterocycles. The number of benzene rings is 2. The van der Waals surface area contributed by atoms with Crippen LogP contribution in [0.15, 0.2) is 54.6 Å². The molecule has 0 spiro atoms. The number of rotatable bonds is 3. The summed E-state index contributed by atoms with van der Waals surface area (Å²) in [6.07, 6.45) is 0.623. The van der Waals surface area contributed by atoms with Gasteiger partial charge < -0.3 is 0 Å². The Morgan fingerprint density at radius 3 is 2.34 bits per heavy atom. The highest BCUT2D eigenvalue weighted by Crippen LogP contribution is 2.43. The number of aromatic nitrogens is 2. The molecule has 1 aliphatic rings. The van der Waals surface area contributed by atoms with Gasteiger partial charge in [0.25, 0.3) is 0 Å². The lowest BCUT2D eigenvalue weighted by Gasteiger charge is -2.33. The SMILES string of the molecule is CC(C)c1ccc(-n2nc(-c3ccccc3)c3c2CC(C)(C)C(C#N)C3=O)cc1.